The number of para-hydroxylation sites is 1. The van der Waals surface area contributed by atoms with E-state index >= 15 is 0 Å². The van der Waals surface area contributed by atoms with Crippen molar-refractivity contribution in [1.82, 2.24) is 0 Å². The van der Waals surface area contributed by atoms with Gasteiger partial charge in [0.25, 0.3) is 0 Å². The zero-order valence-corrected chi connectivity index (χ0v) is 13.1. The van der Waals surface area contributed by atoms with Crippen LogP contribution in [0.15, 0.2) is 22.7 Å². The van der Waals surface area contributed by atoms with Gasteiger partial charge >= 0.3 is 0 Å². The van der Waals surface area contributed by atoms with Gasteiger partial charge in [-0.2, -0.15) is 0 Å². The van der Waals surface area contributed by atoms with Crippen LogP contribution in [0.4, 0.5) is 0 Å². The lowest BCUT2D eigenvalue weighted by molar-refractivity contribution is 0.0541. The molecule has 0 heterocycles. The largest absolute Gasteiger partial charge is 0.490 e. The number of ether oxygens (including phenoxy) is 3. The number of hydrogen-bond donors (Lipinski definition) is 1. The number of rotatable bonds is 9. The van der Waals surface area contributed by atoms with Crippen LogP contribution >= 0.6 is 15.9 Å². The van der Waals surface area contributed by atoms with Crippen molar-refractivity contribution >= 4 is 15.9 Å². The fourth-order valence-electron chi connectivity index (χ4n) is 1.67. The van der Waals surface area contributed by atoms with Crippen molar-refractivity contribution in [3.8, 4) is 5.75 Å². The van der Waals surface area contributed by atoms with Gasteiger partial charge in [-0.05, 0) is 40.9 Å². The molecule has 5 heteroatoms. The molecule has 0 spiro atoms. The molecule has 108 valence electrons. The average Bonchev–Trinajstić information content (AvgIpc) is 2.35. The summed E-state index contributed by atoms with van der Waals surface area (Å²) < 4.78 is 17.0. The molecule has 19 heavy (non-hydrogen) atoms. The molecule has 0 radical (unpaired) electrons. The van der Waals surface area contributed by atoms with E-state index in [4.69, 9.17) is 19.9 Å². The molecule has 0 aliphatic heterocycles. The van der Waals surface area contributed by atoms with E-state index in [1.54, 1.807) is 7.11 Å². The van der Waals surface area contributed by atoms with Crippen LogP contribution in [0.25, 0.3) is 0 Å². The Morgan fingerprint density at radius 2 is 1.95 bits per heavy atom. The lowest BCUT2D eigenvalue weighted by Crippen LogP contribution is -2.19. The van der Waals surface area contributed by atoms with Crippen molar-refractivity contribution in [3.05, 3.63) is 28.2 Å². The van der Waals surface area contributed by atoms with Crippen molar-refractivity contribution in [1.29, 1.82) is 0 Å². The molecule has 0 bridgehead atoms. The first-order valence-corrected chi connectivity index (χ1v) is 7.17. The van der Waals surface area contributed by atoms with Crippen LogP contribution in [0.5, 0.6) is 5.75 Å². The fourth-order valence-corrected chi connectivity index (χ4v) is 2.19. The van der Waals surface area contributed by atoms with Gasteiger partial charge in [-0.1, -0.05) is 12.1 Å². The maximum Gasteiger partial charge on any atom is 0.136 e. The molecule has 2 N–H and O–H groups in total. The van der Waals surface area contributed by atoms with Crippen LogP contribution in [-0.2, 0) is 15.9 Å². The SMILES string of the molecule is COCCOCCOc1c(Br)cccc1CC(C)N. The number of halogens is 1. The minimum atomic E-state index is 0.106. The minimum Gasteiger partial charge on any atom is -0.490 e. The maximum absolute atomic E-state index is 5.84. The van der Waals surface area contributed by atoms with E-state index in [9.17, 15) is 0 Å². The second kappa shape index (κ2) is 9.31. The molecule has 1 aromatic carbocycles. The summed E-state index contributed by atoms with van der Waals surface area (Å²) in [6.07, 6.45) is 0.791. The third-order valence-corrected chi connectivity index (χ3v) is 3.12. The number of nitrogens with two attached hydrogens (primary N) is 1. The van der Waals surface area contributed by atoms with Gasteiger partial charge in [0, 0.05) is 13.2 Å². The molecule has 0 aromatic heterocycles. The molecule has 0 saturated heterocycles. The highest BCUT2D eigenvalue weighted by molar-refractivity contribution is 9.10. The van der Waals surface area contributed by atoms with Gasteiger partial charge in [0.1, 0.15) is 12.4 Å². The third kappa shape index (κ3) is 6.38. The molecule has 1 unspecified atom stereocenters. The smallest absolute Gasteiger partial charge is 0.136 e. The predicted octanol–water partition coefficient (Wildman–Crippen LogP) is 2.38. The Kier molecular flexibility index (Phi) is 8.05. The molecule has 0 aliphatic carbocycles. The molecular weight excluding hydrogens is 310 g/mol. The topological polar surface area (TPSA) is 53.7 Å². The quantitative estimate of drug-likeness (QED) is 0.706. The van der Waals surface area contributed by atoms with Crippen molar-refractivity contribution in [2.24, 2.45) is 5.73 Å². The number of hydrogen-bond acceptors (Lipinski definition) is 4. The van der Waals surface area contributed by atoms with Crippen LogP contribution in [0, 0.1) is 0 Å². The molecule has 1 atom stereocenters. The third-order valence-electron chi connectivity index (χ3n) is 2.50. The monoisotopic (exact) mass is 331 g/mol. The zero-order valence-electron chi connectivity index (χ0n) is 11.5. The molecule has 1 aromatic rings. The molecule has 0 amide bonds. The Morgan fingerprint density at radius 1 is 1.21 bits per heavy atom. The van der Waals surface area contributed by atoms with Gasteiger partial charge in [-0.3, -0.25) is 0 Å². The van der Waals surface area contributed by atoms with E-state index in [2.05, 4.69) is 15.9 Å². The average molecular weight is 332 g/mol. The molecule has 4 nitrogen and oxygen atoms in total. The van der Waals surface area contributed by atoms with Crippen LogP contribution in [0.3, 0.4) is 0 Å². The van der Waals surface area contributed by atoms with Crippen molar-refractivity contribution < 1.29 is 14.2 Å². The first-order chi connectivity index (χ1) is 9.15. The van der Waals surface area contributed by atoms with Crippen molar-refractivity contribution in [3.63, 3.8) is 0 Å². The van der Waals surface area contributed by atoms with Gasteiger partial charge in [0.15, 0.2) is 0 Å². The standard InChI is InChI=1S/C14H22BrNO3/c1-11(16)10-12-4-3-5-13(15)14(12)19-9-8-18-7-6-17-2/h3-5,11H,6-10,16H2,1-2H3. The maximum atomic E-state index is 5.84. The van der Waals surface area contributed by atoms with Gasteiger partial charge in [-0.15, -0.1) is 0 Å². The van der Waals surface area contributed by atoms with Crippen molar-refractivity contribution in [2.75, 3.05) is 33.5 Å². The normalized spacial score (nSPS) is 12.4. The van der Waals surface area contributed by atoms with E-state index in [0.717, 1.165) is 22.2 Å². The first kappa shape index (κ1) is 16.4. The summed E-state index contributed by atoms with van der Waals surface area (Å²) in [7, 11) is 1.65. The highest BCUT2D eigenvalue weighted by Crippen LogP contribution is 2.29. The Bertz CT molecular complexity index is 372. The van der Waals surface area contributed by atoms with Crippen molar-refractivity contribution in [2.45, 2.75) is 19.4 Å². The molecular formula is C14H22BrNO3. The molecule has 0 aliphatic rings. The van der Waals surface area contributed by atoms with Gasteiger partial charge in [0.05, 0.1) is 24.3 Å². The summed E-state index contributed by atoms with van der Waals surface area (Å²) in [6, 6.07) is 6.10. The number of methoxy groups -OCH3 is 1. The lowest BCUT2D eigenvalue weighted by Gasteiger charge is -2.14. The van der Waals surface area contributed by atoms with E-state index < -0.39 is 0 Å². The fraction of sp³-hybridized carbons (Fsp3) is 0.571. The van der Waals surface area contributed by atoms with E-state index in [1.807, 2.05) is 25.1 Å². The van der Waals surface area contributed by atoms with Crippen LogP contribution in [0.2, 0.25) is 0 Å². The molecule has 1 rings (SSSR count). The van der Waals surface area contributed by atoms with Gasteiger partial charge < -0.3 is 19.9 Å². The Labute approximate surface area is 123 Å². The second-order valence-corrected chi connectivity index (χ2v) is 5.22. The van der Waals surface area contributed by atoms with Crippen LogP contribution in [0.1, 0.15) is 12.5 Å². The molecule has 0 saturated carbocycles. The highest BCUT2D eigenvalue weighted by Gasteiger charge is 2.09. The second-order valence-electron chi connectivity index (χ2n) is 4.36. The summed E-state index contributed by atoms with van der Waals surface area (Å²) in [5.41, 5.74) is 6.96. The Hall–Kier alpha value is -0.620. The predicted molar refractivity (Wildman–Crippen MR) is 79.7 cm³/mol. The Balaban J connectivity index is 2.47. The Morgan fingerprint density at radius 3 is 2.63 bits per heavy atom. The molecule has 0 fully saturated rings. The van der Waals surface area contributed by atoms with Crippen LogP contribution < -0.4 is 10.5 Å². The van der Waals surface area contributed by atoms with E-state index in [-0.39, 0.29) is 6.04 Å². The summed E-state index contributed by atoms with van der Waals surface area (Å²) in [4.78, 5) is 0. The first-order valence-electron chi connectivity index (χ1n) is 6.37. The number of benzene rings is 1. The van der Waals surface area contributed by atoms with Gasteiger partial charge in [0.2, 0.25) is 0 Å². The summed E-state index contributed by atoms with van der Waals surface area (Å²) >= 11 is 3.50. The summed E-state index contributed by atoms with van der Waals surface area (Å²) in [5.74, 6) is 0.857. The van der Waals surface area contributed by atoms with E-state index in [1.165, 1.54) is 0 Å². The zero-order chi connectivity index (χ0) is 14.1. The van der Waals surface area contributed by atoms with E-state index in [0.29, 0.717) is 26.4 Å². The summed E-state index contributed by atoms with van der Waals surface area (Å²) in [5, 5.41) is 0. The highest BCUT2D eigenvalue weighted by atomic mass is 79.9. The summed E-state index contributed by atoms with van der Waals surface area (Å²) in [6.45, 7) is 4.23. The van der Waals surface area contributed by atoms with Crippen LogP contribution in [-0.4, -0.2) is 39.6 Å². The van der Waals surface area contributed by atoms with Gasteiger partial charge in [-0.25, -0.2) is 0 Å². The minimum absolute atomic E-state index is 0.106. The lowest BCUT2D eigenvalue weighted by atomic mass is 10.1.